The second-order valence-electron chi connectivity index (χ2n) is 11.3. The first-order valence-electron chi connectivity index (χ1n) is 14.5. The maximum atomic E-state index is 6.64. The molecule has 0 aromatic heterocycles. The molecule has 0 saturated carbocycles. The molecule has 7 nitrogen and oxygen atoms in total. The van der Waals surface area contributed by atoms with Gasteiger partial charge in [0.15, 0.2) is 0 Å². The Balaban J connectivity index is 1.57. The van der Waals surface area contributed by atoms with Gasteiger partial charge in [0.25, 0.3) is 0 Å². The molecule has 0 unspecified atom stereocenters. The number of nitrogens with zero attached hydrogens (tertiary/aromatic N) is 7. The van der Waals surface area contributed by atoms with E-state index in [1.165, 1.54) is 156 Å². The van der Waals surface area contributed by atoms with Crippen LogP contribution < -0.4 is 0 Å². The van der Waals surface area contributed by atoms with Crippen LogP contribution in [0.15, 0.2) is 4.52 Å². The van der Waals surface area contributed by atoms with E-state index in [0.717, 1.165) is 0 Å². The Bertz CT molecular complexity index is 609. The van der Waals surface area contributed by atoms with Gasteiger partial charge in [0.1, 0.15) is 0 Å². The van der Waals surface area contributed by atoms with Gasteiger partial charge in [-0.1, -0.05) is 0 Å². The summed E-state index contributed by atoms with van der Waals surface area (Å²) in [6, 6.07) is 0. The van der Waals surface area contributed by atoms with Gasteiger partial charge in [-0.3, -0.25) is 0 Å². The van der Waals surface area contributed by atoms with Crippen molar-refractivity contribution in [2.24, 2.45) is 4.52 Å². The van der Waals surface area contributed by atoms with Crippen molar-refractivity contribution in [3.05, 3.63) is 0 Å². The zero-order valence-corrected chi connectivity index (χ0v) is 22.9. The summed E-state index contributed by atoms with van der Waals surface area (Å²) in [5.74, 6) is 0. The summed E-state index contributed by atoms with van der Waals surface area (Å²) in [6.07, 6.45) is 16.6. The molecule has 0 atom stereocenters. The first kappa shape index (κ1) is 23.8. The van der Waals surface area contributed by atoms with Gasteiger partial charge in [0, 0.05) is 0 Å². The molecule has 190 valence electrons. The van der Waals surface area contributed by atoms with Gasteiger partial charge in [-0.2, -0.15) is 0 Å². The van der Waals surface area contributed by atoms with E-state index in [2.05, 4.69) is 28.0 Å². The standard InChI is InChI=1S/C24H49N7P2/c1-2-14-26(13-1)32(27-15-3-4-16-27,28-17-5-6-18-28)25-33(29-19-7-8-20-29,30-21-9-10-22-30)31-23-11-12-24-31/h32H,1-24H2. The molecule has 6 heterocycles. The number of hydrogen-bond acceptors (Lipinski definition) is 4. The van der Waals surface area contributed by atoms with Gasteiger partial charge in [0.05, 0.1) is 0 Å². The molecule has 0 bridgehead atoms. The van der Waals surface area contributed by atoms with Crippen LogP contribution in [0.25, 0.3) is 0 Å². The average molecular weight is 498 g/mol. The van der Waals surface area contributed by atoms with Crippen LogP contribution in [0.5, 0.6) is 0 Å². The van der Waals surface area contributed by atoms with Crippen molar-refractivity contribution in [2.45, 2.75) is 77.0 Å². The predicted molar refractivity (Wildman–Crippen MR) is 143 cm³/mol. The van der Waals surface area contributed by atoms with Crippen LogP contribution in [-0.4, -0.2) is 107 Å². The summed E-state index contributed by atoms with van der Waals surface area (Å²) >= 11 is 0. The molecular weight excluding hydrogens is 448 g/mol. The molecule has 6 aliphatic rings. The minimum absolute atomic E-state index is 1.29. The molecule has 9 heteroatoms. The zero-order valence-electron chi connectivity index (χ0n) is 21.0. The van der Waals surface area contributed by atoms with Gasteiger partial charge in [0.2, 0.25) is 0 Å². The van der Waals surface area contributed by atoms with E-state index in [0.29, 0.717) is 0 Å². The monoisotopic (exact) mass is 497 g/mol. The summed E-state index contributed by atoms with van der Waals surface area (Å²) in [4.78, 5) is 0. The van der Waals surface area contributed by atoms with E-state index < -0.39 is 15.4 Å². The summed E-state index contributed by atoms with van der Waals surface area (Å²) in [7, 11) is -4.14. The van der Waals surface area contributed by atoms with Crippen LogP contribution in [0.4, 0.5) is 0 Å². The maximum absolute atomic E-state index is 6.64. The minimum atomic E-state index is -2.28. The molecule has 0 aromatic rings. The fourth-order valence-corrected chi connectivity index (χ4v) is 19.6. The molecule has 0 N–H and O–H groups in total. The van der Waals surface area contributed by atoms with Crippen molar-refractivity contribution in [1.82, 2.24) is 28.0 Å². The van der Waals surface area contributed by atoms with Crippen molar-refractivity contribution in [3.63, 3.8) is 0 Å². The van der Waals surface area contributed by atoms with Crippen LogP contribution in [0.1, 0.15) is 77.0 Å². The molecular formula is C24H49N7P2. The third-order valence-corrected chi connectivity index (χ3v) is 18.8. The number of rotatable bonds is 7. The molecule has 0 spiro atoms. The average Bonchev–Trinajstić information content (AvgIpc) is 3.72. The normalized spacial score (nSPS) is 30.9. The molecule has 0 amide bonds. The van der Waals surface area contributed by atoms with E-state index in [1.54, 1.807) is 0 Å². The van der Waals surface area contributed by atoms with E-state index >= 15 is 0 Å². The first-order chi connectivity index (χ1) is 16.3. The van der Waals surface area contributed by atoms with Crippen LogP contribution in [0.2, 0.25) is 0 Å². The Labute approximate surface area is 203 Å². The Hall–Kier alpha value is 0.420. The molecule has 6 fully saturated rings. The van der Waals surface area contributed by atoms with Gasteiger partial charge < -0.3 is 0 Å². The van der Waals surface area contributed by atoms with Gasteiger partial charge in [-0.05, 0) is 0 Å². The Morgan fingerprint density at radius 1 is 0.364 bits per heavy atom. The molecule has 0 aromatic carbocycles. The summed E-state index contributed by atoms with van der Waals surface area (Å²) in [5.41, 5.74) is 0. The third-order valence-electron chi connectivity index (χ3n) is 9.25. The van der Waals surface area contributed by atoms with E-state index in [-0.39, 0.29) is 0 Å². The molecule has 0 aliphatic carbocycles. The summed E-state index contributed by atoms with van der Waals surface area (Å²) in [5, 5.41) is 0. The van der Waals surface area contributed by atoms with Crippen molar-refractivity contribution in [2.75, 3.05) is 78.5 Å². The molecule has 6 aliphatic heterocycles. The van der Waals surface area contributed by atoms with Crippen molar-refractivity contribution >= 4 is 15.4 Å². The van der Waals surface area contributed by atoms with Crippen molar-refractivity contribution in [3.8, 4) is 0 Å². The van der Waals surface area contributed by atoms with Crippen LogP contribution >= 0.6 is 15.4 Å². The molecule has 6 saturated heterocycles. The van der Waals surface area contributed by atoms with E-state index in [4.69, 9.17) is 4.52 Å². The fourth-order valence-electron chi connectivity index (χ4n) is 7.65. The molecule has 6 rings (SSSR count). The van der Waals surface area contributed by atoms with Crippen LogP contribution in [-0.2, 0) is 0 Å². The topological polar surface area (TPSA) is 31.8 Å². The summed E-state index contributed by atoms with van der Waals surface area (Å²) in [6.45, 7) is 15.5. The second kappa shape index (κ2) is 10.4. The Morgan fingerprint density at radius 3 is 0.879 bits per heavy atom. The van der Waals surface area contributed by atoms with E-state index in [1.807, 2.05) is 0 Å². The van der Waals surface area contributed by atoms with Gasteiger partial charge in [-0.25, -0.2) is 0 Å². The first-order valence-corrected chi connectivity index (χ1v) is 17.9. The number of hydrogen-bond donors (Lipinski definition) is 0. The quantitative estimate of drug-likeness (QED) is 0.465. The zero-order chi connectivity index (χ0) is 22.1. The van der Waals surface area contributed by atoms with Gasteiger partial charge >= 0.3 is 203 Å². The second-order valence-corrected chi connectivity index (χ2v) is 18.0. The Kier molecular flexibility index (Phi) is 7.51. The SMILES string of the molecule is C1CCN(P(=N[PH](N2CCCC2)(N2CCCC2)N2CCCC2)(N2CCCC2)N2CCCC2)C1. The third kappa shape index (κ3) is 4.21. The van der Waals surface area contributed by atoms with Crippen molar-refractivity contribution in [1.29, 1.82) is 0 Å². The summed E-state index contributed by atoms with van der Waals surface area (Å²) < 4.78 is 24.6. The molecule has 0 radical (unpaired) electrons. The molecule has 33 heavy (non-hydrogen) atoms. The van der Waals surface area contributed by atoms with E-state index in [9.17, 15) is 0 Å². The Morgan fingerprint density at radius 2 is 0.606 bits per heavy atom. The fraction of sp³-hybridized carbons (Fsp3) is 1.00. The predicted octanol–water partition coefficient (Wildman–Crippen LogP) is 4.92. The van der Waals surface area contributed by atoms with Crippen LogP contribution in [0, 0.1) is 0 Å². The van der Waals surface area contributed by atoms with Crippen molar-refractivity contribution < 1.29 is 0 Å². The van der Waals surface area contributed by atoms with Gasteiger partial charge in [-0.15, -0.1) is 0 Å². The van der Waals surface area contributed by atoms with Crippen LogP contribution in [0.3, 0.4) is 0 Å².